The summed E-state index contributed by atoms with van der Waals surface area (Å²) in [7, 11) is 0. The van der Waals surface area contributed by atoms with E-state index in [1.165, 1.54) is 5.56 Å². The maximum absolute atomic E-state index is 11.6. The standard InChI is InChI=1S/C16H19BrN2O/c1-3-15(12-5-7-13(17)8-6-12)18-14-9-10-16(20)19(4-2)11-14/h5-11,15,18H,3-4H2,1-2H3. The molecular formula is C16H19BrN2O. The van der Waals surface area contributed by atoms with Crippen molar-refractivity contribution in [1.82, 2.24) is 4.57 Å². The van der Waals surface area contributed by atoms with E-state index in [1.54, 1.807) is 10.6 Å². The highest BCUT2D eigenvalue weighted by molar-refractivity contribution is 9.10. The summed E-state index contributed by atoms with van der Waals surface area (Å²) >= 11 is 3.45. The second kappa shape index (κ2) is 6.75. The van der Waals surface area contributed by atoms with Crippen LogP contribution >= 0.6 is 15.9 Å². The molecule has 4 heteroatoms. The third-order valence-corrected chi connectivity index (χ3v) is 3.87. The molecule has 0 amide bonds. The van der Waals surface area contributed by atoms with Crippen molar-refractivity contribution in [2.24, 2.45) is 0 Å². The number of benzene rings is 1. The number of rotatable bonds is 5. The number of nitrogens with one attached hydrogen (secondary N) is 1. The van der Waals surface area contributed by atoms with Gasteiger partial charge in [0, 0.05) is 23.3 Å². The molecule has 0 aliphatic carbocycles. The number of hydrogen-bond donors (Lipinski definition) is 1. The van der Waals surface area contributed by atoms with Crippen molar-refractivity contribution < 1.29 is 0 Å². The fourth-order valence-corrected chi connectivity index (χ4v) is 2.45. The first-order chi connectivity index (χ1) is 9.63. The summed E-state index contributed by atoms with van der Waals surface area (Å²) < 4.78 is 2.78. The highest BCUT2D eigenvalue weighted by Crippen LogP contribution is 2.23. The number of aromatic nitrogens is 1. The minimum Gasteiger partial charge on any atom is -0.377 e. The van der Waals surface area contributed by atoms with Gasteiger partial charge in [-0.1, -0.05) is 35.0 Å². The highest BCUT2D eigenvalue weighted by atomic mass is 79.9. The quantitative estimate of drug-likeness (QED) is 0.889. The predicted octanol–water partition coefficient (Wildman–Crippen LogP) is 4.19. The van der Waals surface area contributed by atoms with Crippen LogP contribution in [0.4, 0.5) is 5.69 Å². The van der Waals surface area contributed by atoms with Gasteiger partial charge in [0.2, 0.25) is 0 Å². The Hall–Kier alpha value is -1.55. The lowest BCUT2D eigenvalue weighted by atomic mass is 10.0. The van der Waals surface area contributed by atoms with Crippen LogP contribution in [-0.2, 0) is 6.54 Å². The average molecular weight is 335 g/mol. The zero-order chi connectivity index (χ0) is 14.5. The first kappa shape index (κ1) is 14.9. The second-order valence-corrected chi connectivity index (χ2v) is 5.61. The fraction of sp³-hybridized carbons (Fsp3) is 0.312. The first-order valence-electron chi connectivity index (χ1n) is 6.86. The van der Waals surface area contributed by atoms with Crippen LogP contribution in [-0.4, -0.2) is 4.57 Å². The zero-order valence-electron chi connectivity index (χ0n) is 11.8. The van der Waals surface area contributed by atoms with Crippen LogP contribution in [0.25, 0.3) is 0 Å². The molecule has 0 spiro atoms. The number of nitrogens with zero attached hydrogens (tertiary/aromatic N) is 1. The van der Waals surface area contributed by atoms with Gasteiger partial charge < -0.3 is 9.88 Å². The molecule has 1 atom stereocenters. The lowest BCUT2D eigenvalue weighted by Gasteiger charge is -2.19. The van der Waals surface area contributed by atoms with Crippen molar-refractivity contribution >= 4 is 21.6 Å². The van der Waals surface area contributed by atoms with Gasteiger partial charge >= 0.3 is 0 Å². The van der Waals surface area contributed by atoms with E-state index in [9.17, 15) is 4.79 Å². The van der Waals surface area contributed by atoms with E-state index in [0.29, 0.717) is 6.54 Å². The molecule has 0 bridgehead atoms. The third kappa shape index (κ3) is 3.51. The summed E-state index contributed by atoms with van der Waals surface area (Å²) in [6.07, 6.45) is 2.86. The van der Waals surface area contributed by atoms with Gasteiger partial charge in [0.1, 0.15) is 0 Å². The Balaban J connectivity index is 2.22. The molecule has 0 radical (unpaired) electrons. The summed E-state index contributed by atoms with van der Waals surface area (Å²) in [5.74, 6) is 0. The van der Waals surface area contributed by atoms with Gasteiger partial charge in [0.15, 0.2) is 0 Å². The summed E-state index contributed by atoms with van der Waals surface area (Å²) in [6.45, 7) is 4.80. The number of anilines is 1. The molecule has 0 saturated carbocycles. The van der Waals surface area contributed by atoms with Crippen LogP contribution in [0.1, 0.15) is 31.9 Å². The van der Waals surface area contributed by atoms with Crippen molar-refractivity contribution in [3.8, 4) is 0 Å². The van der Waals surface area contributed by atoms with E-state index in [1.807, 2.05) is 31.3 Å². The first-order valence-corrected chi connectivity index (χ1v) is 7.65. The van der Waals surface area contributed by atoms with Gasteiger partial charge in [-0.3, -0.25) is 4.79 Å². The van der Waals surface area contributed by atoms with Gasteiger partial charge in [-0.05, 0) is 37.1 Å². The number of pyridine rings is 1. The zero-order valence-corrected chi connectivity index (χ0v) is 13.4. The van der Waals surface area contributed by atoms with Gasteiger partial charge in [-0.25, -0.2) is 0 Å². The smallest absolute Gasteiger partial charge is 0.250 e. The van der Waals surface area contributed by atoms with Crippen LogP contribution < -0.4 is 10.9 Å². The molecule has 3 nitrogen and oxygen atoms in total. The van der Waals surface area contributed by atoms with E-state index in [0.717, 1.165) is 16.6 Å². The van der Waals surface area contributed by atoms with Crippen LogP contribution in [0.3, 0.4) is 0 Å². The molecule has 0 aliphatic rings. The van der Waals surface area contributed by atoms with Crippen molar-refractivity contribution in [2.45, 2.75) is 32.9 Å². The molecule has 1 aromatic carbocycles. The monoisotopic (exact) mass is 334 g/mol. The molecule has 1 N–H and O–H groups in total. The Morgan fingerprint density at radius 2 is 1.85 bits per heavy atom. The molecule has 0 aliphatic heterocycles. The minimum absolute atomic E-state index is 0.0368. The van der Waals surface area contributed by atoms with Crippen LogP contribution in [0.15, 0.2) is 51.9 Å². The molecule has 0 saturated heterocycles. The molecule has 1 aromatic heterocycles. The summed E-state index contributed by atoms with van der Waals surface area (Å²) in [5, 5.41) is 3.49. The molecule has 1 heterocycles. The predicted molar refractivity (Wildman–Crippen MR) is 87.2 cm³/mol. The van der Waals surface area contributed by atoms with E-state index in [2.05, 4.69) is 40.3 Å². The molecular weight excluding hydrogens is 316 g/mol. The second-order valence-electron chi connectivity index (χ2n) is 4.70. The Kier molecular flexibility index (Phi) is 5.01. The Labute approximate surface area is 127 Å². The SMILES string of the molecule is CCC(Nc1ccc(=O)n(CC)c1)c1ccc(Br)cc1. The van der Waals surface area contributed by atoms with Crippen molar-refractivity contribution in [3.05, 3.63) is 63.0 Å². The van der Waals surface area contributed by atoms with Crippen molar-refractivity contribution in [1.29, 1.82) is 0 Å². The molecule has 0 fully saturated rings. The minimum atomic E-state index is 0.0368. The normalized spacial score (nSPS) is 12.2. The number of halogens is 1. The number of hydrogen-bond acceptors (Lipinski definition) is 2. The summed E-state index contributed by atoms with van der Waals surface area (Å²) in [5.41, 5.74) is 2.25. The number of aryl methyl sites for hydroxylation is 1. The average Bonchev–Trinajstić information content (AvgIpc) is 2.47. The highest BCUT2D eigenvalue weighted by Gasteiger charge is 2.09. The lowest BCUT2D eigenvalue weighted by Crippen LogP contribution is -2.19. The largest absolute Gasteiger partial charge is 0.377 e. The van der Waals surface area contributed by atoms with E-state index in [4.69, 9.17) is 0 Å². The fourth-order valence-electron chi connectivity index (χ4n) is 2.18. The van der Waals surface area contributed by atoms with E-state index >= 15 is 0 Å². The van der Waals surface area contributed by atoms with E-state index < -0.39 is 0 Å². The summed E-state index contributed by atoms with van der Waals surface area (Å²) in [6, 6.07) is 12.0. The molecule has 20 heavy (non-hydrogen) atoms. The van der Waals surface area contributed by atoms with Gasteiger partial charge in [-0.2, -0.15) is 0 Å². The van der Waals surface area contributed by atoms with Crippen LogP contribution in [0.5, 0.6) is 0 Å². The molecule has 1 unspecified atom stereocenters. The molecule has 106 valence electrons. The molecule has 2 aromatic rings. The Morgan fingerprint density at radius 1 is 1.15 bits per heavy atom. The van der Waals surface area contributed by atoms with Crippen LogP contribution in [0.2, 0.25) is 0 Å². The van der Waals surface area contributed by atoms with E-state index in [-0.39, 0.29) is 11.6 Å². The topological polar surface area (TPSA) is 34.0 Å². The Morgan fingerprint density at radius 3 is 2.45 bits per heavy atom. The van der Waals surface area contributed by atoms with Crippen molar-refractivity contribution in [3.63, 3.8) is 0 Å². The maximum atomic E-state index is 11.6. The Bertz CT molecular complexity index is 619. The lowest BCUT2D eigenvalue weighted by molar-refractivity contribution is 0.715. The maximum Gasteiger partial charge on any atom is 0.250 e. The van der Waals surface area contributed by atoms with Gasteiger partial charge in [0.25, 0.3) is 5.56 Å². The van der Waals surface area contributed by atoms with Crippen LogP contribution in [0, 0.1) is 0 Å². The van der Waals surface area contributed by atoms with Crippen molar-refractivity contribution in [2.75, 3.05) is 5.32 Å². The summed E-state index contributed by atoms with van der Waals surface area (Å²) in [4.78, 5) is 11.6. The molecule has 2 rings (SSSR count). The van der Waals surface area contributed by atoms with Gasteiger partial charge in [-0.15, -0.1) is 0 Å². The van der Waals surface area contributed by atoms with Gasteiger partial charge in [0.05, 0.1) is 11.7 Å². The third-order valence-electron chi connectivity index (χ3n) is 3.35.